The lowest BCUT2D eigenvalue weighted by atomic mass is 9.88. The Balaban J connectivity index is 2.34. The Kier molecular flexibility index (Phi) is 9.19. The van der Waals surface area contributed by atoms with Crippen molar-refractivity contribution in [3.8, 4) is 23.0 Å². The van der Waals surface area contributed by atoms with Crippen molar-refractivity contribution in [1.82, 2.24) is 4.98 Å². The average Bonchev–Trinajstić information content (AvgIpc) is 2.87. The third-order valence-electron chi connectivity index (χ3n) is 6.06. The van der Waals surface area contributed by atoms with Crippen molar-refractivity contribution >= 4 is 29.7 Å². The first-order valence-corrected chi connectivity index (χ1v) is 12.9. The topological polar surface area (TPSA) is 79.7 Å². The molecule has 3 aromatic rings. The summed E-state index contributed by atoms with van der Waals surface area (Å²) < 4.78 is 6.09. The number of aliphatic hydroxyl groups is 1. The Labute approximate surface area is 235 Å². The molecule has 0 fully saturated rings. The quantitative estimate of drug-likeness (QED) is 0.390. The molecule has 1 aromatic heterocycles. The lowest BCUT2D eigenvalue weighted by molar-refractivity contribution is -0.160. The zero-order chi connectivity index (χ0) is 29.0. The molecule has 0 aliphatic carbocycles. The summed E-state index contributed by atoms with van der Waals surface area (Å²) in [4.78, 5) is 16.6. The molecule has 2 aromatic carbocycles. The van der Waals surface area contributed by atoms with Crippen LogP contribution in [0.3, 0.4) is 0 Å². The van der Waals surface area contributed by atoms with Gasteiger partial charge in [0, 0.05) is 34.1 Å². The third-order valence-corrected chi connectivity index (χ3v) is 6.31. The molecule has 0 saturated heterocycles. The highest BCUT2D eigenvalue weighted by atomic mass is 35.5. The Bertz CT molecular complexity index is 1550. The molecule has 202 valence electrons. The second-order valence-electron chi connectivity index (χ2n) is 10.5. The number of carbonyl (C=O) groups is 1. The first-order valence-electron chi connectivity index (χ1n) is 12.6. The highest BCUT2D eigenvalue weighted by Crippen LogP contribution is 2.33. The molecule has 3 rings (SSSR count). The molecule has 1 heterocycles. The van der Waals surface area contributed by atoms with E-state index in [1.807, 2.05) is 65.0 Å². The number of carboxylic acids is 1. The van der Waals surface area contributed by atoms with E-state index < -0.39 is 23.3 Å². The molecule has 0 amide bonds. The van der Waals surface area contributed by atoms with Gasteiger partial charge in [-0.3, -0.25) is 4.98 Å². The van der Waals surface area contributed by atoms with E-state index in [9.17, 15) is 15.0 Å². The monoisotopic (exact) mass is 543 g/mol. The molecule has 2 N–H and O–H groups in total. The highest BCUT2D eigenvalue weighted by Gasteiger charge is 2.31. The van der Waals surface area contributed by atoms with Crippen LogP contribution in [0.2, 0.25) is 5.02 Å². The molecule has 6 heteroatoms. The van der Waals surface area contributed by atoms with E-state index in [-0.39, 0.29) is 0 Å². The Morgan fingerprint density at radius 1 is 1.18 bits per heavy atom. The van der Waals surface area contributed by atoms with Gasteiger partial charge in [-0.15, -0.1) is 0 Å². The molecule has 2 atom stereocenters. The summed E-state index contributed by atoms with van der Waals surface area (Å²) in [5, 5.41) is 23.4. The second kappa shape index (κ2) is 12.0. The Hall–Kier alpha value is -3.69. The highest BCUT2D eigenvalue weighted by molar-refractivity contribution is 6.30. The number of aliphatic carboxylic acids is 1. The maximum Gasteiger partial charge on any atom is 0.337 e. The van der Waals surface area contributed by atoms with Gasteiger partial charge in [-0.2, -0.15) is 0 Å². The predicted octanol–water partition coefficient (Wildman–Crippen LogP) is 5.70. The van der Waals surface area contributed by atoms with Crippen LogP contribution in [0.4, 0.5) is 0 Å². The number of pyridine rings is 1. The predicted molar refractivity (Wildman–Crippen MR) is 157 cm³/mol. The smallest absolute Gasteiger partial charge is 0.337 e. The fourth-order valence-corrected chi connectivity index (χ4v) is 4.38. The first-order chi connectivity index (χ1) is 18.2. The van der Waals surface area contributed by atoms with E-state index in [1.54, 1.807) is 43.6 Å². The minimum atomic E-state index is -1.43. The lowest BCUT2D eigenvalue weighted by Crippen LogP contribution is -2.34. The summed E-state index contributed by atoms with van der Waals surface area (Å²) >= 11 is 6.19. The van der Waals surface area contributed by atoms with Crippen LogP contribution in [0.25, 0.3) is 23.3 Å². The molecule has 0 aliphatic heterocycles. The summed E-state index contributed by atoms with van der Waals surface area (Å²) in [6.45, 7) is 15.0. The van der Waals surface area contributed by atoms with Crippen LogP contribution in [0.5, 0.6) is 0 Å². The van der Waals surface area contributed by atoms with Crippen LogP contribution in [-0.4, -0.2) is 26.8 Å². The molecule has 0 saturated carbocycles. The average molecular weight is 544 g/mol. The van der Waals surface area contributed by atoms with Crippen LogP contribution < -0.4 is 10.4 Å². The van der Waals surface area contributed by atoms with Crippen LogP contribution in [0, 0.1) is 18.8 Å². The van der Waals surface area contributed by atoms with Gasteiger partial charge in [-0.05, 0) is 92.9 Å². The van der Waals surface area contributed by atoms with Crippen LogP contribution in [0.15, 0.2) is 67.0 Å². The van der Waals surface area contributed by atoms with Gasteiger partial charge in [-0.1, -0.05) is 60.4 Å². The number of hydrogen-bond acceptors (Lipinski definition) is 4. The zero-order valence-corrected chi connectivity index (χ0v) is 23.9. The molecular formula is C33H34ClNO4. The molecule has 0 radical (unpaired) electrons. The number of aryl methyl sites for hydroxylation is 1. The van der Waals surface area contributed by atoms with Gasteiger partial charge < -0.3 is 14.9 Å². The van der Waals surface area contributed by atoms with Gasteiger partial charge in [0.05, 0.1) is 5.60 Å². The molecule has 0 spiro atoms. The normalized spacial score (nSPS) is 14.8. The van der Waals surface area contributed by atoms with E-state index in [4.69, 9.17) is 16.3 Å². The molecule has 5 nitrogen and oxygen atoms in total. The van der Waals surface area contributed by atoms with Gasteiger partial charge in [0.15, 0.2) is 6.10 Å². The van der Waals surface area contributed by atoms with Gasteiger partial charge in [0.2, 0.25) is 0 Å². The summed E-state index contributed by atoms with van der Waals surface area (Å²) in [6.07, 6.45) is 5.74. The van der Waals surface area contributed by atoms with E-state index in [2.05, 4.69) is 23.4 Å². The summed E-state index contributed by atoms with van der Waals surface area (Å²) in [5.74, 6) is 4.77. The number of aromatic nitrogens is 1. The van der Waals surface area contributed by atoms with Crippen LogP contribution >= 0.6 is 11.6 Å². The SMILES string of the molecule is C=C(C#CC(C)(O)c1cccnc1)/C=c1/c(-c2ccc(Cl)cc2)c(C(OC(C)(C)C)C(=O)O)c(C)c/c1=C/C. The molecule has 0 aliphatic rings. The van der Waals surface area contributed by atoms with Crippen molar-refractivity contribution in [2.45, 2.75) is 58.8 Å². The third kappa shape index (κ3) is 7.46. The largest absolute Gasteiger partial charge is 0.479 e. The molecule has 0 bridgehead atoms. The number of allylic oxidation sites excluding steroid dienone is 1. The Morgan fingerprint density at radius 3 is 2.38 bits per heavy atom. The number of nitrogens with zero attached hydrogens (tertiary/aromatic N) is 1. The van der Waals surface area contributed by atoms with E-state index >= 15 is 0 Å². The molecule has 2 unspecified atom stereocenters. The minimum absolute atomic E-state index is 0.441. The van der Waals surface area contributed by atoms with Gasteiger partial charge in [-0.25, -0.2) is 4.79 Å². The second-order valence-corrected chi connectivity index (χ2v) is 10.9. The maximum absolute atomic E-state index is 12.6. The molecule has 39 heavy (non-hydrogen) atoms. The van der Waals surface area contributed by atoms with Crippen molar-refractivity contribution in [1.29, 1.82) is 0 Å². The standard InChI is InChI=1S/C33H34ClNO4/c1-8-23-19-22(3)28(30(31(36)37)39-32(4,5)6)29(24-11-13-26(34)14-12-24)27(23)18-21(2)15-16-33(7,38)25-10-9-17-35-20-25/h8-14,17-20,30,38H,2H2,1,3-7H3,(H,36,37)/b23-8-,27-18+. The summed E-state index contributed by atoms with van der Waals surface area (Å²) in [7, 11) is 0. The number of ether oxygens (including phenoxy) is 1. The van der Waals surface area contributed by atoms with Crippen molar-refractivity contribution < 1.29 is 19.7 Å². The van der Waals surface area contributed by atoms with Gasteiger partial charge >= 0.3 is 5.97 Å². The first kappa shape index (κ1) is 29.9. The number of halogens is 1. The number of hydrogen-bond donors (Lipinski definition) is 2. The van der Waals surface area contributed by atoms with Crippen LogP contribution in [0.1, 0.15) is 57.4 Å². The van der Waals surface area contributed by atoms with Crippen molar-refractivity contribution in [3.05, 3.63) is 99.2 Å². The molecular weight excluding hydrogens is 510 g/mol. The van der Waals surface area contributed by atoms with Crippen molar-refractivity contribution in [3.63, 3.8) is 0 Å². The van der Waals surface area contributed by atoms with Gasteiger partial charge in [0.25, 0.3) is 0 Å². The summed E-state index contributed by atoms with van der Waals surface area (Å²) in [5.41, 5.74) is 1.65. The van der Waals surface area contributed by atoms with Crippen molar-refractivity contribution in [2.75, 3.05) is 0 Å². The Morgan fingerprint density at radius 2 is 1.85 bits per heavy atom. The minimum Gasteiger partial charge on any atom is -0.479 e. The number of benzene rings is 2. The van der Waals surface area contributed by atoms with E-state index in [1.165, 1.54) is 0 Å². The van der Waals surface area contributed by atoms with Crippen LogP contribution in [-0.2, 0) is 15.1 Å². The van der Waals surface area contributed by atoms with E-state index in [0.29, 0.717) is 27.3 Å². The number of carboxylic acid groups (broad SMARTS) is 1. The number of rotatable bonds is 6. The summed E-state index contributed by atoms with van der Waals surface area (Å²) in [6, 6.07) is 12.7. The van der Waals surface area contributed by atoms with Gasteiger partial charge in [0.1, 0.15) is 5.60 Å². The fourth-order valence-electron chi connectivity index (χ4n) is 4.26. The maximum atomic E-state index is 12.6. The van der Waals surface area contributed by atoms with E-state index in [0.717, 1.165) is 21.6 Å². The fraction of sp³-hybridized carbons (Fsp3) is 0.273. The van der Waals surface area contributed by atoms with Crippen molar-refractivity contribution in [2.24, 2.45) is 0 Å². The zero-order valence-electron chi connectivity index (χ0n) is 23.2. The lowest BCUT2D eigenvalue weighted by Gasteiger charge is -2.28.